The van der Waals surface area contributed by atoms with Gasteiger partial charge in [0, 0.05) is 0 Å². The van der Waals surface area contributed by atoms with Crippen LogP contribution in [0, 0.1) is 0 Å². The molecule has 0 aliphatic carbocycles. The number of carboxylic acid groups (broad SMARTS) is 2. The number of carbonyl (C=O) groups is 2. The molecule has 1 heterocycles. The molecule has 1 rings (SSSR count). The molecule has 3 unspecified atom stereocenters. The minimum Gasteiger partial charge on any atom is -0.479 e. The van der Waals surface area contributed by atoms with E-state index in [-0.39, 0.29) is 0 Å². The van der Waals surface area contributed by atoms with Crippen LogP contribution >= 0.6 is 0 Å². The number of aliphatic hydroxyl groups is 3. The molecule has 15 heavy (non-hydrogen) atoms. The minimum atomic E-state index is -2.50. The van der Waals surface area contributed by atoms with Gasteiger partial charge in [-0.05, 0) is 0 Å². The highest BCUT2D eigenvalue weighted by Gasteiger charge is 2.66. The standard InChI is InChI=1S/C6H8O9/c7-1(2(8)4(10)11)3(9)6(5(12)13)14-15-6/h1-3,7-9H,(H,10,11)(H,12,13). The second kappa shape index (κ2) is 3.72. The average Bonchev–Trinajstić information content (AvgIpc) is 2.94. The maximum absolute atomic E-state index is 10.5. The Bertz CT molecular complexity index is 282. The first-order valence-corrected chi connectivity index (χ1v) is 3.70. The third-order valence-corrected chi connectivity index (χ3v) is 1.85. The van der Waals surface area contributed by atoms with Crippen molar-refractivity contribution in [3.05, 3.63) is 0 Å². The van der Waals surface area contributed by atoms with E-state index in [1.165, 1.54) is 0 Å². The quantitative estimate of drug-likeness (QED) is 0.240. The second-order valence-electron chi connectivity index (χ2n) is 2.86. The van der Waals surface area contributed by atoms with Crippen LogP contribution in [0.15, 0.2) is 0 Å². The van der Waals surface area contributed by atoms with Crippen molar-refractivity contribution >= 4 is 11.9 Å². The summed E-state index contributed by atoms with van der Waals surface area (Å²) in [7, 11) is 0. The summed E-state index contributed by atoms with van der Waals surface area (Å²) in [5, 5.41) is 43.9. The lowest BCUT2D eigenvalue weighted by Gasteiger charge is -2.20. The number of rotatable bonds is 5. The number of carboxylic acids is 2. The predicted octanol–water partition coefficient (Wildman–Crippen LogP) is -3.10. The van der Waals surface area contributed by atoms with Crippen LogP contribution in [0.3, 0.4) is 0 Å². The van der Waals surface area contributed by atoms with Crippen LogP contribution < -0.4 is 0 Å². The zero-order valence-electron chi connectivity index (χ0n) is 7.10. The fourth-order valence-corrected chi connectivity index (χ4v) is 0.885. The summed E-state index contributed by atoms with van der Waals surface area (Å²) in [4.78, 5) is 28.6. The summed E-state index contributed by atoms with van der Waals surface area (Å²) in [6.07, 6.45) is -6.81. The van der Waals surface area contributed by atoms with Crippen molar-refractivity contribution in [1.29, 1.82) is 0 Å². The van der Waals surface area contributed by atoms with Crippen LogP contribution in [0.2, 0.25) is 0 Å². The van der Waals surface area contributed by atoms with Crippen LogP contribution in [-0.2, 0) is 19.4 Å². The van der Waals surface area contributed by atoms with E-state index in [9.17, 15) is 14.7 Å². The number of aliphatic carboxylic acids is 2. The van der Waals surface area contributed by atoms with Gasteiger partial charge in [-0.15, -0.1) is 0 Å². The Morgan fingerprint density at radius 3 is 1.80 bits per heavy atom. The van der Waals surface area contributed by atoms with E-state index in [0.29, 0.717) is 0 Å². The lowest BCUT2D eigenvalue weighted by atomic mass is 10.0. The molecule has 0 aromatic carbocycles. The van der Waals surface area contributed by atoms with Gasteiger partial charge in [-0.2, -0.15) is 9.78 Å². The summed E-state index contributed by atoms with van der Waals surface area (Å²) < 4.78 is 0. The first-order valence-electron chi connectivity index (χ1n) is 3.70. The maximum Gasteiger partial charge on any atom is 0.373 e. The molecule has 0 bridgehead atoms. The van der Waals surface area contributed by atoms with Gasteiger partial charge in [-0.1, -0.05) is 0 Å². The largest absolute Gasteiger partial charge is 0.479 e. The Labute approximate surface area is 82.0 Å². The van der Waals surface area contributed by atoms with Crippen molar-refractivity contribution in [1.82, 2.24) is 0 Å². The van der Waals surface area contributed by atoms with E-state index < -0.39 is 36.0 Å². The van der Waals surface area contributed by atoms with Crippen LogP contribution in [0.5, 0.6) is 0 Å². The Morgan fingerprint density at radius 2 is 1.53 bits per heavy atom. The lowest BCUT2D eigenvalue weighted by molar-refractivity contribution is -0.169. The Hall–Kier alpha value is -1.26. The summed E-state index contributed by atoms with van der Waals surface area (Å²) in [6.45, 7) is 0. The van der Waals surface area contributed by atoms with Gasteiger partial charge in [0.2, 0.25) is 0 Å². The molecule has 1 aliphatic rings. The molecule has 1 aliphatic heterocycles. The van der Waals surface area contributed by atoms with Crippen molar-refractivity contribution in [3.63, 3.8) is 0 Å². The topological polar surface area (TPSA) is 160 Å². The van der Waals surface area contributed by atoms with Gasteiger partial charge < -0.3 is 25.5 Å². The fourth-order valence-electron chi connectivity index (χ4n) is 0.885. The van der Waals surface area contributed by atoms with Crippen molar-refractivity contribution < 1.29 is 44.9 Å². The Morgan fingerprint density at radius 1 is 1.07 bits per heavy atom. The van der Waals surface area contributed by atoms with Crippen molar-refractivity contribution in [2.24, 2.45) is 0 Å². The number of aliphatic hydroxyl groups excluding tert-OH is 3. The Balaban J connectivity index is 2.72. The molecule has 0 radical (unpaired) electrons. The molecule has 0 saturated carbocycles. The lowest BCUT2D eigenvalue weighted by Crippen LogP contribution is -2.52. The number of hydrogen-bond acceptors (Lipinski definition) is 7. The van der Waals surface area contributed by atoms with Gasteiger partial charge >= 0.3 is 17.7 Å². The van der Waals surface area contributed by atoms with Crippen molar-refractivity contribution in [2.45, 2.75) is 24.1 Å². The number of hydrogen-bond donors (Lipinski definition) is 5. The monoisotopic (exact) mass is 224 g/mol. The summed E-state index contributed by atoms with van der Waals surface area (Å²) in [6, 6.07) is 0. The van der Waals surface area contributed by atoms with Gasteiger partial charge in [0.15, 0.2) is 12.2 Å². The molecule has 0 spiro atoms. The Kier molecular flexibility index (Phi) is 2.93. The molecule has 5 N–H and O–H groups in total. The van der Waals surface area contributed by atoms with Gasteiger partial charge in [-0.3, -0.25) is 0 Å². The van der Waals surface area contributed by atoms with E-state index in [2.05, 4.69) is 9.78 Å². The molecule has 0 amide bonds. The van der Waals surface area contributed by atoms with Crippen LogP contribution in [-0.4, -0.2) is 61.6 Å². The molecule has 3 atom stereocenters. The molecule has 9 heteroatoms. The van der Waals surface area contributed by atoms with E-state index in [1.807, 2.05) is 0 Å². The summed E-state index contributed by atoms with van der Waals surface area (Å²) in [5.74, 6) is -6.06. The summed E-state index contributed by atoms with van der Waals surface area (Å²) in [5.41, 5.74) is 0. The van der Waals surface area contributed by atoms with Gasteiger partial charge in [0.05, 0.1) is 0 Å². The molecule has 0 aromatic rings. The highest BCUT2D eigenvalue weighted by molar-refractivity contribution is 5.79. The molecule has 1 saturated heterocycles. The van der Waals surface area contributed by atoms with Crippen molar-refractivity contribution in [3.8, 4) is 0 Å². The minimum absolute atomic E-state index is 1.74. The van der Waals surface area contributed by atoms with E-state index in [4.69, 9.17) is 20.4 Å². The third kappa shape index (κ3) is 1.91. The van der Waals surface area contributed by atoms with Crippen LogP contribution in [0.25, 0.3) is 0 Å². The zero-order chi connectivity index (χ0) is 11.8. The van der Waals surface area contributed by atoms with E-state index >= 15 is 0 Å². The molecular weight excluding hydrogens is 216 g/mol. The zero-order valence-corrected chi connectivity index (χ0v) is 7.10. The predicted molar refractivity (Wildman–Crippen MR) is 38.2 cm³/mol. The van der Waals surface area contributed by atoms with Crippen molar-refractivity contribution in [2.75, 3.05) is 0 Å². The average molecular weight is 224 g/mol. The smallest absolute Gasteiger partial charge is 0.373 e. The third-order valence-electron chi connectivity index (χ3n) is 1.85. The molecule has 1 fully saturated rings. The first-order chi connectivity index (χ1) is 6.83. The highest BCUT2D eigenvalue weighted by atomic mass is 17.4. The maximum atomic E-state index is 10.5. The first kappa shape index (κ1) is 11.8. The van der Waals surface area contributed by atoms with Crippen LogP contribution in [0.1, 0.15) is 0 Å². The molecular formula is C6H8O9. The highest BCUT2D eigenvalue weighted by Crippen LogP contribution is 2.35. The normalized spacial score (nSPS) is 23.9. The SMILES string of the molecule is O=C(O)C(O)C(O)C(O)C1(C(=O)O)OO1. The van der Waals surface area contributed by atoms with Gasteiger partial charge in [0.1, 0.15) is 6.10 Å². The van der Waals surface area contributed by atoms with E-state index in [1.54, 1.807) is 0 Å². The summed E-state index contributed by atoms with van der Waals surface area (Å²) >= 11 is 0. The fraction of sp³-hybridized carbons (Fsp3) is 0.667. The second-order valence-corrected chi connectivity index (χ2v) is 2.86. The molecule has 0 aromatic heterocycles. The van der Waals surface area contributed by atoms with Gasteiger partial charge in [0.25, 0.3) is 0 Å². The van der Waals surface area contributed by atoms with E-state index in [0.717, 1.165) is 0 Å². The molecule has 9 nitrogen and oxygen atoms in total. The van der Waals surface area contributed by atoms with Crippen LogP contribution in [0.4, 0.5) is 0 Å². The molecule has 86 valence electrons. The van der Waals surface area contributed by atoms with Gasteiger partial charge in [-0.25, -0.2) is 9.59 Å².